The summed E-state index contributed by atoms with van der Waals surface area (Å²) in [5.41, 5.74) is 1.16. The standard InChI is InChI=1S/C20H30N2O2/c1-3-13-22(16-18-11-8-12-21-15-18)19(20(23)24-4-2)14-17-9-6-5-7-10-17/h3,5-7,9-10,18-19,21H,1,4,8,11-16H2,2H3. The van der Waals surface area contributed by atoms with Gasteiger partial charge < -0.3 is 10.1 Å². The minimum atomic E-state index is -0.257. The molecule has 1 aliphatic rings. The monoisotopic (exact) mass is 330 g/mol. The van der Waals surface area contributed by atoms with Crippen LogP contribution in [-0.4, -0.2) is 49.7 Å². The number of nitrogens with one attached hydrogen (secondary N) is 1. The third-order valence-corrected chi connectivity index (χ3v) is 4.53. The minimum absolute atomic E-state index is 0.132. The number of hydrogen-bond acceptors (Lipinski definition) is 4. The molecule has 0 radical (unpaired) electrons. The SMILES string of the molecule is C=CCN(CC1CCCNC1)C(Cc1ccccc1)C(=O)OCC. The predicted octanol–water partition coefficient (Wildman–Crippen LogP) is 2.65. The van der Waals surface area contributed by atoms with E-state index in [2.05, 4.69) is 28.9 Å². The Bertz CT molecular complexity index is 498. The molecule has 1 aromatic carbocycles. The summed E-state index contributed by atoms with van der Waals surface area (Å²) in [5, 5.41) is 3.46. The van der Waals surface area contributed by atoms with Crippen LogP contribution in [0.4, 0.5) is 0 Å². The Kier molecular flexibility index (Phi) is 7.99. The lowest BCUT2D eigenvalue weighted by Gasteiger charge is -2.34. The molecule has 1 fully saturated rings. The number of nitrogens with zero attached hydrogens (tertiary/aromatic N) is 1. The highest BCUT2D eigenvalue weighted by Gasteiger charge is 2.29. The van der Waals surface area contributed by atoms with Gasteiger partial charge in [-0.15, -0.1) is 6.58 Å². The summed E-state index contributed by atoms with van der Waals surface area (Å²) in [5.74, 6) is 0.443. The van der Waals surface area contributed by atoms with Crippen LogP contribution in [-0.2, 0) is 16.0 Å². The van der Waals surface area contributed by atoms with Crippen LogP contribution in [0.5, 0.6) is 0 Å². The predicted molar refractivity (Wildman–Crippen MR) is 97.9 cm³/mol. The van der Waals surface area contributed by atoms with E-state index < -0.39 is 0 Å². The van der Waals surface area contributed by atoms with Crippen LogP contribution in [0.3, 0.4) is 0 Å². The lowest BCUT2D eigenvalue weighted by atomic mass is 9.97. The third kappa shape index (κ3) is 5.77. The highest BCUT2D eigenvalue weighted by molar-refractivity contribution is 5.76. The van der Waals surface area contributed by atoms with Gasteiger partial charge >= 0.3 is 5.97 Å². The molecule has 0 aliphatic carbocycles. The molecule has 24 heavy (non-hydrogen) atoms. The summed E-state index contributed by atoms with van der Waals surface area (Å²) >= 11 is 0. The first-order valence-corrected chi connectivity index (χ1v) is 9.00. The molecule has 1 heterocycles. The van der Waals surface area contributed by atoms with E-state index in [1.54, 1.807) is 0 Å². The normalized spacial score (nSPS) is 19.0. The first-order valence-electron chi connectivity index (χ1n) is 9.00. The Hall–Kier alpha value is -1.65. The van der Waals surface area contributed by atoms with Crippen molar-refractivity contribution in [1.82, 2.24) is 10.2 Å². The number of carbonyl (C=O) groups is 1. The summed E-state index contributed by atoms with van der Waals surface area (Å²) < 4.78 is 5.36. The van der Waals surface area contributed by atoms with Crippen LogP contribution in [0.15, 0.2) is 43.0 Å². The van der Waals surface area contributed by atoms with Gasteiger partial charge in [0, 0.05) is 13.1 Å². The number of carbonyl (C=O) groups excluding carboxylic acids is 1. The fraction of sp³-hybridized carbons (Fsp3) is 0.550. The fourth-order valence-electron chi connectivity index (χ4n) is 3.34. The zero-order valence-electron chi connectivity index (χ0n) is 14.7. The Balaban J connectivity index is 2.12. The largest absolute Gasteiger partial charge is 0.465 e. The highest BCUT2D eigenvalue weighted by atomic mass is 16.5. The lowest BCUT2D eigenvalue weighted by Crippen LogP contribution is -2.48. The zero-order chi connectivity index (χ0) is 17.2. The molecule has 2 unspecified atom stereocenters. The van der Waals surface area contributed by atoms with E-state index in [9.17, 15) is 4.79 Å². The Labute approximate surface area is 145 Å². The van der Waals surface area contributed by atoms with E-state index in [-0.39, 0.29) is 12.0 Å². The number of piperidine rings is 1. The molecule has 0 aromatic heterocycles. The second-order valence-corrected chi connectivity index (χ2v) is 6.41. The van der Waals surface area contributed by atoms with E-state index in [1.165, 1.54) is 12.8 Å². The summed E-state index contributed by atoms with van der Waals surface area (Å²) in [4.78, 5) is 14.8. The van der Waals surface area contributed by atoms with Gasteiger partial charge in [-0.25, -0.2) is 0 Å². The van der Waals surface area contributed by atoms with Crippen LogP contribution >= 0.6 is 0 Å². The van der Waals surface area contributed by atoms with Gasteiger partial charge in [0.1, 0.15) is 6.04 Å². The summed E-state index contributed by atoms with van der Waals surface area (Å²) in [6.07, 6.45) is 4.97. The van der Waals surface area contributed by atoms with Crippen molar-refractivity contribution in [3.05, 3.63) is 48.6 Å². The quantitative estimate of drug-likeness (QED) is 0.558. The first kappa shape index (κ1) is 18.7. The minimum Gasteiger partial charge on any atom is -0.465 e. The third-order valence-electron chi connectivity index (χ3n) is 4.53. The Morgan fingerprint density at radius 2 is 2.25 bits per heavy atom. The van der Waals surface area contributed by atoms with Crippen molar-refractivity contribution in [2.45, 2.75) is 32.2 Å². The number of ether oxygens (including phenoxy) is 1. The number of rotatable bonds is 9. The second-order valence-electron chi connectivity index (χ2n) is 6.41. The maximum Gasteiger partial charge on any atom is 0.323 e. The molecule has 1 aliphatic heterocycles. The van der Waals surface area contributed by atoms with Gasteiger partial charge in [-0.1, -0.05) is 36.4 Å². The molecule has 2 rings (SSSR count). The van der Waals surface area contributed by atoms with Gasteiger partial charge in [0.2, 0.25) is 0 Å². The van der Waals surface area contributed by atoms with E-state index in [4.69, 9.17) is 4.74 Å². The molecule has 0 bridgehead atoms. The van der Waals surface area contributed by atoms with Gasteiger partial charge in [0.05, 0.1) is 6.61 Å². The topological polar surface area (TPSA) is 41.6 Å². The molecule has 2 atom stereocenters. The van der Waals surface area contributed by atoms with Crippen molar-refractivity contribution < 1.29 is 9.53 Å². The summed E-state index contributed by atoms with van der Waals surface area (Å²) in [6.45, 7) is 9.88. The highest BCUT2D eigenvalue weighted by Crippen LogP contribution is 2.17. The molecule has 4 heteroatoms. The van der Waals surface area contributed by atoms with Gasteiger partial charge in [-0.2, -0.15) is 0 Å². The number of hydrogen-bond donors (Lipinski definition) is 1. The van der Waals surface area contributed by atoms with E-state index >= 15 is 0 Å². The van der Waals surface area contributed by atoms with Crippen LogP contribution in [0.25, 0.3) is 0 Å². The molecule has 0 saturated carbocycles. The maximum absolute atomic E-state index is 12.6. The van der Waals surface area contributed by atoms with Crippen LogP contribution < -0.4 is 5.32 Å². The van der Waals surface area contributed by atoms with Crippen molar-refractivity contribution in [2.24, 2.45) is 5.92 Å². The molecule has 1 saturated heterocycles. The lowest BCUT2D eigenvalue weighted by molar-refractivity contribution is -0.149. The Morgan fingerprint density at radius 1 is 1.46 bits per heavy atom. The average Bonchev–Trinajstić information content (AvgIpc) is 2.61. The van der Waals surface area contributed by atoms with Gasteiger partial charge in [0.15, 0.2) is 0 Å². The van der Waals surface area contributed by atoms with Gasteiger partial charge in [-0.05, 0) is 50.8 Å². The smallest absolute Gasteiger partial charge is 0.323 e. The van der Waals surface area contributed by atoms with Gasteiger partial charge in [0.25, 0.3) is 0 Å². The zero-order valence-corrected chi connectivity index (χ0v) is 14.7. The molecule has 1 aromatic rings. The molecule has 0 amide bonds. The van der Waals surface area contributed by atoms with E-state index in [0.29, 0.717) is 25.5 Å². The molecular formula is C20H30N2O2. The number of esters is 1. The summed E-state index contributed by atoms with van der Waals surface area (Å²) in [6, 6.07) is 9.91. The Morgan fingerprint density at radius 3 is 2.88 bits per heavy atom. The molecule has 1 N–H and O–H groups in total. The van der Waals surface area contributed by atoms with Crippen molar-refractivity contribution in [3.63, 3.8) is 0 Å². The van der Waals surface area contributed by atoms with Crippen LogP contribution in [0.2, 0.25) is 0 Å². The molecule has 4 nitrogen and oxygen atoms in total. The second kappa shape index (κ2) is 10.3. The van der Waals surface area contributed by atoms with Crippen molar-refractivity contribution in [1.29, 1.82) is 0 Å². The van der Waals surface area contributed by atoms with E-state index in [0.717, 1.165) is 25.2 Å². The summed E-state index contributed by atoms with van der Waals surface area (Å²) in [7, 11) is 0. The van der Waals surface area contributed by atoms with E-state index in [1.807, 2.05) is 31.2 Å². The van der Waals surface area contributed by atoms with Crippen molar-refractivity contribution >= 4 is 5.97 Å². The fourth-order valence-corrected chi connectivity index (χ4v) is 3.34. The molecule has 132 valence electrons. The van der Waals surface area contributed by atoms with Crippen LogP contribution in [0, 0.1) is 5.92 Å². The van der Waals surface area contributed by atoms with Crippen molar-refractivity contribution in [3.8, 4) is 0 Å². The van der Waals surface area contributed by atoms with Crippen LogP contribution in [0.1, 0.15) is 25.3 Å². The maximum atomic E-state index is 12.6. The van der Waals surface area contributed by atoms with Gasteiger partial charge in [-0.3, -0.25) is 9.69 Å². The average molecular weight is 330 g/mol. The first-order chi connectivity index (χ1) is 11.7. The molecule has 0 spiro atoms. The molecular weight excluding hydrogens is 300 g/mol. The number of benzene rings is 1. The van der Waals surface area contributed by atoms with Crippen molar-refractivity contribution in [2.75, 3.05) is 32.8 Å².